The number of carbonyl (C=O) groups is 1. The number of thiophene rings is 1. The molecule has 0 radical (unpaired) electrons. The summed E-state index contributed by atoms with van der Waals surface area (Å²) in [6.45, 7) is 8.49. The second-order valence-electron chi connectivity index (χ2n) is 5.50. The molecule has 0 aromatic carbocycles. The number of rotatable bonds is 8. The predicted octanol–water partition coefficient (Wildman–Crippen LogP) is 3.35. The Morgan fingerprint density at radius 2 is 2.00 bits per heavy atom. The first-order valence-electron chi connectivity index (χ1n) is 7.45. The molecule has 1 aromatic heterocycles. The fourth-order valence-electron chi connectivity index (χ4n) is 2.22. The van der Waals surface area contributed by atoms with Gasteiger partial charge in [0.2, 0.25) is 5.91 Å². The molecule has 1 heterocycles. The van der Waals surface area contributed by atoms with Crippen molar-refractivity contribution in [2.45, 2.75) is 65.4 Å². The van der Waals surface area contributed by atoms with Gasteiger partial charge in [0, 0.05) is 22.7 Å². The lowest BCUT2D eigenvalue weighted by Crippen LogP contribution is -2.41. The third-order valence-corrected chi connectivity index (χ3v) is 4.93. The number of aryl methyl sites for hydroxylation is 3. The quantitative estimate of drug-likeness (QED) is 0.773. The van der Waals surface area contributed by atoms with Crippen LogP contribution in [-0.2, 0) is 11.2 Å². The zero-order valence-corrected chi connectivity index (χ0v) is 13.9. The SMILES string of the molecule is CCC(O)(CC)CNC(=O)CCCc1cc(C)sc1C. The van der Waals surface area contributed by atoms with E-state index in [1.807, 2.05) is 25.2 Å². The molecule has 1 rings (SSSR count). The number of hydrogen-bond acceptors (Lipinski definition) is 3. The Hall–Kier alpha value is -0.870. The predicted molar refractivity (Wildman–Crippen MR) is 85.3 cm³/mol. The molecule has 0 aliphatic carbocycles. The van der Waals surface area contributed by atoms with Crippen LogP contribution >= 0.6 is 11.3 Å². The van der Waals surface area contributed by atoms with Gasteiger partial charge in [-0.25, -0.2) is 0 Å². The van der Waals surface area contributed by atoms with Crippen molar-refractivity contribution in [3.8, 4) is 0 Å². The third-order valence-electron chi connectivity index (χ3n) is 3.92. The van der Waals surface area contributed by atoms with Crippen molar-refractivity contribution in [3.63, 3.8) is 0 Å². The molecule has 114 valence electrons. The van der Waals surface area contributed by atoms with Crippen LogP contribution < -0.4 is 5.32 Å². The number of hydrogen-bond donors (Lipinski definition) is 2. The molecule has 2 N–H and O–H groups in total. The van der Waals surface area contributed by atoms with Gasteiger partial charge < -0.3 is 10.4 Å². The van der Waals surface area contributed by atoms with Gasteiger partial charge in [0.15, 0.2) is 0 Å². The van der Waals surface area contributed by atoms with Crippen molar-refractivity contribution in [2.75, 3.05) is 6.54 Å². The maximum Gasteiger partial charge on any atom is 0.220 e. The smallest absolute Gasteiger partial charge is 0.220 e. The molecule has 1 amide bonds. The van der Waals surface area contributed by atoms with Gasteiger partial charge in [-0.3, -0.25) is 4.79 Å². The third kappa shape index (κ3) is 5.25. The molecule has 20 heavy (non-hydrogen) atoms. The van der Waals surface area contributed by atoms with E-state index in [0.717, 1.165) is 12.8 Å². The van der Waals surface area contributed by atoms with Crippen molar-refractivity contribution in [2.24, 2.45) is 0 Å². The highest BCUT2D eigenvalue weighted by Gasteiger charge is 2.22. The summed E-state index contributed by atoms with van der Waals surface area (Å²) in [6, 6.07) is 2.21. The largest absolute Gasteiger partial charge is 0.388 e. The van der Waals surface area contributed by atoms with Gasteiger partial charge in [-0.15, -0.1) is 11.3 Å². The van der Waals surface area contributed by atoms with Gasteiger partial charge in [0.1, 0.15) is 0 Å². The summed E-state index contributed by atoms with van der Waals surface area (Å²) in [5, 5.41) is 13.0. The van der Waals surface area contributed by atoms with Crippen LogP contribution in [0.1, 0.15) is 54.8 Å². The van der Waals surface area contributed by atoms with Gasteiger partial charge in [-0.1, -0.05) is 13.8 Å². The highest BCUT2D eigenvalue weighted by atomic mass is 32.1. The zero-order chi connectivity index (χ0) is 15.2. The molecule has 0 unspecified atom stereocenters. The highest BCUT2D eigenvalue weighted by Crippen LogP contribution is 2.22. The minimum Gasteiger partial charge on any atom is -0.388 e. The second-order valence-corrected chi connectivity index (χ2v) is 6.96. The normalized spacial score (nSPS) is 11.7. The van der Waals surface area contributed by atoms with Gasteiger partial charge in [0.05, 0.1) is 5.60 Å². The summed E-state index contributed by atoms with van der Waals surface area (Å²) in [6.07, 6.45) is 3.67. The Morgan fingerprint density at radius 3 is 2.50 bits per heavy atom. The molecule has 3 nitrogen and oxygen atoms in total. The standard InChI is InChI=1S/C16H27NO2S/c1-5-16(19,6-2)11-17-15(18)9-7-8-14-10-12(3)20-13(14)4/h10,19H,5-9,11H2,1-4H3,(H,17,18). The first kappa shape index (κ1) is 17.2. The lowest BCUT2D eigenvalue weighted by Gasteiger charge is -2.25. The van der Waals surface area contributed by atoms with Crippen LogP contribution in [-0.4, -0.2) is 23.2 Å². The molecule has 0 saturated carbocycles. The monoisotopic (exact) mass is 297 g/mol. The fourth-order valence-corrected chi connectivity index (χ4v) is 3.20. The van der Waals surface area contributed by atoms with Gasteiger partial charge in [-0.2, -0.15) is 0 Å². The first-order valence-corrected chi connectivity index (χ1v) is 8.27. The fraction of sp³-hybridized carbons (Fsp3) is 0.688. The minimum atomic E-state index is -0.753. The average molecular weight is 297 g/mol. The van der Waals surface area contributed by atoms with Crippen LogP contribution in [0.5, 0.6) is 0 Å². The second kappa shape index (κ2) is 7.79. The number of aliphatic hydroxyl groups is 1. The highest BCUT2D eigenvalue weighted by molar-refractivity contribution is 7.12. The molecule has 0 atom stereocenters. The number of nitrogens with one attached hydrogen (secondary N) is 1. The van der Waals surface area contributed by atoms with E-state index in [4.69, 9.17) is 0 Å². The van der Waals surface area contributed by atoms with Crippen molar-refractivity contribution < 1.29 is 9.90 Å². The summed E-state index contributed by atoms with van der Waals surface area (Å²) >= 11 is 1.81. The summed E-state index contributed by atoms with van der Waals surface area (Å²) in [4.78, 5) is 14.5. The molecular weight excluding hydrogens is 270 g/mol. The Kier molecular flexibility index (Phi) is 6.69. The van der Waals surface area contributed by atoms with E-state index in [9.17, 15) is 9.90 Å². The Balaban J connectivity index is 2.29. The van der Waals surface area contributed by atoms with Crippen LogP contribution in [0.4, 0.5) is 0 Å². The zero-order valence-electron chi connectivity index (χ0n) is 13.1. The molecule has 0 spiro atoms. The summed E-state index contributed by atoms with van der Waals surface area (Å²) in [5.74, 6) is 0.0370. The summed E-state index contributed by atoms with van der Waals surface area (Å²) in [7, 11) is 0. The number of carbonyl (C=O) groups excluding carboxylic acids is 1. The van der Waals surface area contributed by atoms with Gasteiger partial charge >= 0.3 is 0 Å². The molecule has 1 aromatic rings. The molecule has 0 aliphatic rings. The van der Waals surface area contributed by atoms with Crippen LogP contribution in [0.2, 0.25) is 0 Å². The molecule has 0 aliphatic heterocycles. The van der Waals surface area contributed by atoms with E-state index in [1.165, 1.54) is 15.3 Å². The van der Waals surface area contributed by atoms with Gasteiger partial charge in [0.25, 0.3) is 0 Å². The molecule has 0 fully saturated rings. The van der Waals surface area contributed by atoms with Crippen molar-refractivity contribution >= 4 is 17.2 Å². The minimum absolute atomic E-state index is 0.0370. The van der Waals surface area contributed by atoms with E-state index >= 15 is 0 Å². The Labute approximate surface area is 126 Å². The van der Waals surface area contributed by atoms with E-state index in [0.29, 0.717) is 25.8 Å². The van der Waals surface area contributed by atoms with Crippen LogP contribution in [0.3, 0.4) is 0 Å². The molecule has 0 bridgehead atoms. The van der Waals surface area contributed by atoms with E-state index < -0.39 is 5.60 Å². The lowest BCUT2D eigenvalue weighted by atomic mass is 9.97. The number of amides is 1. The molecule has 0 saturated heterocycles. The van der Waals surface area contributed by atoms with E-state index in [2.05, 4.69) is 25.2 Å². The van der Waals surface area contributed by atoms with Crippen LogP contribution in [0.15, 0.2) is 6.07 Å². The van der Waals surface area contributed by atoms with E-state index in [1.54, 1.807) is 0 Å². The van der Waals surface area contributed by atoms with Crippen molar-refractivity contribution in [3.05, 3.63) is 21.4 Å². The first-order chi connectivity index (χ1) is 9.40. The Bertz CT molecular complexity index is 436. The average Bonchev–Trinajstić information content (AvgIpc) is 2.74. The summed E-state index contributed by atoms with van der Waals surface area (Å²) in [5.41, 5.74) is 0.607. The lowest BCUT2D eigenvalue weighted by molar-refractivity contribution is -0.122. The van der Waals surface area contributed by atoms with Crippen LogP contribution in [0.25, 0.3) is 0 Å². The topological polar surface area (TPSA) is 49.3 Å². The maximum absolute atomic E-state index is 11.8. The van der Waals surface area contributed by atoms with Crippen LogP contribution in [0, 0.1) is 13.8 Å². The van der Waals surface area contributed by atoms with Gasteiger partial charge in [-0.05, 0) is 51.2 Å². The maximum atomic E-state index is 11.8. The van der Waals surface area contributed by atoms with Crippen molar-refractivity contribution in [1.29, 1.82) is 0 Å². The molecule has 4 heteroatoms. The Morgan fingerprint density at radius 1 is 1.35 bits per heavy atom. The summed E-state index contributed by atoms with van der Waals surface area (Å²) < 4.78 is 0. The van der Waals surface area contributed by atoms with Crippen molar-refractivity contribution in [1.82, 2.24) is 5.32 Å². The van der Waals surface area contributed by atoms with E-state index in [-0.39, 0.29) is 5.91 Å². The molecular formula is C16H27NO2S.